The molecule has 1 saturated heterocycles. The second-order valence-electron chi connectivity index (χ2n) is 11.9. The van der Waals surface area contributed by atoms with Gasteiger partial charge in [-0.3, -0.25) is 24.3 Å². The molecule has 18 nitrogen and oxygen atoms in total. The number of nitrogens with zero attached hydrogens (tertiary/aromatic N) is 8. The van der Waals surface area contributed by atoms with E-state index in [1.807, 2.05) is 6.20 Å². The maximum absolute atomic E-state index is 13.9. The summed E-state index contributed by atoms with van der Waals surface area (Å²) in [5.74, 6) is -1.53. The average Bonchev–Trinajstić information content (AvgIpc) is 3.88. The number of aromatic nitrogens is 5. The van der Waals surface area contributed by atoms with Gasteiger partial charge in [-0.15, -0.1) is 0 Å². The third kappa shape index (κ3) is 6.27. The molecule has 256 valence electrons. The van der Waals surface area contributed by atoms with Crippen molar-refractivity contribution in [3.63, 3.8) is 0 Å². The summed E-state index contributed by atoms with van der Waals surface area (Å²) in [4.78, 5) is 46.2. The highest BCUT2D eigenvalue weighted by molar-refractivity contribution is 6.02. The topological polar surface area (TPSA) is 252 Å². The van der Waals surface area contributed by atoms with Crippen LogP contribution >= 0.6 is 0 Å². The van der Waals surface area contributed by atoms with Gasteiger partial charge < -0.3 is 29.9 Å². The number of nitriles is 1. The first-order valence-electron chi connectivity index (χ1n) is 15.4. The average molecular weight is 677 g/mol. The molecule has 1 amide bonds. The Morgan fingerprint density at radius 3 is 2.63 bits per heavy atom. The first-order valence-corrected chi connectivity index (χ1v) is 15.4. The van der Waals surface area contributed by atoms with Gasteiger partial charge in [0, 0.05) is 42.5 Å². The van der Waals surface area contributed by atoms with Gasteiger partial charge >= 0.3 is 12.0 Å². The van der Waals surface area contributed by atoms with Crippen LogP contribution in [0.3, 0.4) is 0 Å². The third-order valence-electron chi connectivity index (χ3n) is 9.00. The Labute approximate surface area is 277 Å². The van der Waals surface area contributed by atoms with E-state index >= 15 is 0 Å². The molecule has 6 atom stereocenters. The molecule has 4 N–H and O–H groups in total. The number of hydrogen-bond donors (Lipinski definition) is 4. The number of aliphatic carboxylic acids is 1. The molecule has 2 fully saturated rings. The highest BCUT2D eigenvalue weighted by Crippen LogP contribution is 2.38. The van der Waals surface area contributed by atoms with E-state index in [0.717, 1.165) is 48.8 Å². The minimum atomic E-state index is -1.97. The van der Waals surface area contributed by atoms with Gasteiger partial charge in [0.2, 0.25) is 6.29 Å². The number of carboxylic acid groups (broad SMARTS) is 1. The van der Waals surface area contributed by atoms with E-state index < -0.39 is 53.3 Å². The monoisotopic (exact) mass is 676 g/mol. The quantitative estimate of drug-likeness (QED) is 0.147. The zero-order chi connectivity index (χ0) is 35.0. The van der Waals surface area contributed by atoms with Crippen LogP contribution in [0.25, 0.3) is 22.3 Å². The minimum Gasteiger partial charge on any atom is -0.479 e. The maximum atomic E-state index is 13.9. The van der Waals surface area contributed by atoms with E-state index in [-0.39, 0.29) is 23.1 Å². The number of carbonyl (C=O) groups is 2. The van der Waals surface area contributed by atoms with Gasteiger partial charge in [0.05, 0.1) is 41.0 Å². The van der Waals surface area contributed by atoms with Crippen molar-refractivity contribution in [2.24, 2.45) is 5.92 Å². The van der Waals surface area contributed by atoms with E-state index in [0.29, 0.717) is 29.0 Å². The fourth-order valence-electron chi connectivity index (χ4n) is 6.41. The first-order chi connectivity index (χ1) is 23.5. The van der Waals surface area contributed by atoms with Crippen molar-refractivity contribution < 1.29 is 44.4 Å². The summed E-state index contributed by atoms with van der Waals surface area (Å²) in [6.07, 6.45) is 1.14. The molecule has 0 radical (unpaired) electrons. The number of hydrogen-bond acceptors (Lipinski definition) is 13. The lowest BCUT2D eigenvalue weighted by atomic mass is 9.96. The predicted molar refractivity (Wildman–Crippen MR) is 167 cm³/mol. The molecule has 2 aliphatic rings. The number of anilines is 1. The van der Waals surface area contributed by atoms with Crippen LogP contribution in [0.2, 0.25) is 0 Å². The molecule has 0 unspecified atom stereocenters. The minimum absolute atomic E-state index is 0.0757. The van der Waals surface area contributed by atoms with Gasteiger partial charge in [-0.05, 0) is 30.9 Å². The lowest BCUT2D eigenvalue weighted by Crippen LogP contribution is -2.61. The zero-order valence-corrected chi connectivity index (χ0v) is 26.0. The number of nitro benzene ring substituents is 1. The third-order valence-corrected chi connectivity index (χ3v) is 9.00. The molecule has 49 heavy (non-hydrogen) atoms. The number of rotatable bonds is 9. The number of ether oxygens (including phenoxy) is 2. The maximum Gasteiger partial charge on any atom is 0.335 e. The molecule has 1 saturated carbocycles. The Balaban J connectivity index is 1.31. The lowest BCUT2D eigenvalue weighted by Gasteiger charge is -2.38. The van der Waals surface area contributed by atoms with Crippen molar-refractivity contribution in [3.05, 3.63) is 59.3 Å². The van der Waals surface area contributed by atoms with E-state index in [2.05, 4.69) is 21.1 Å². The lowest BCUT2D eigenvalue weighted by molar-refractivity contribution is -0.384. The second kappa shape index (κ2) is 13.6. The molecule has 18 heteroatoms. The van der Waals surface area contributed by atoms with Crippen LogP contribution in [0, 0.1) is 27.4 Å². The molecule has 3 aromatic heterocycles. The molecule has 4 aromatic rings. The Hall–Kier alpha value is -5.48. The van der Waals surface area contributed by atoms with E-state index in [1.54, 1.807) is 16.9 Å². The Morgan fingerprint density at radius 1 is 1.18 bits per heavy atom. The van der Waals surface area contributed by atoms with Crippen molar-refractivity contribution in [1.29, 1.82) is 5.26 Å². The number of nitro groups is 1. The molecule has 0 spiro atoms. The number of carboxylic acids is 1. The van der Waals surface area contributed by atoms with Crippen molar-refractivity contribution in [2.45, 2.75) is 68.9 Å². The highest BCUT2D eigenvalue weighted by Gasteiger charge is 2.48. The Bertz CT molecular complexity index is 1930. The largest absolute Gasteiger partial charge is 0.479 e. The number of fused-ring (bicyclic) bond motifs is 1. The highest BCUT2D eigenvalue weighted by atomic mass is 16.7. The molecule has 1 aliphatic carbocycles. The number of carbonyl (C=O) groups excluding carboxylic acids is 1. The molecule has 1 aliphatic heterocycles. The van der Waals surface area contributed by atoms with Gasteiger partial charge in [0.25, 0.3) is 5.69 Å². The van der Waals surface area contributed by atoms with Crippen LogP contribution in [0.5, 0.6) is 5.75 Å². The SMILES string of the molecule is CN(C(=O)n1ccc2c(-c3cnn([C@H](CC#N)C4CCCC4)c3)ncnc21)c1cc([N+](=O)[O-])ccc1O[C@@H]1O[C@H](C(=O)O)[C@@H](O)[C@H](O)[C@H]1O. The number of aliphatic hydroxyl groups is 3. The van der Waals surface area contributed by atoms with E-state index in [9.17, 15) is 45.4 Å². The number of benzene rings is 1. The fraction of sp³-hybridized carbons (Fsp3) is 0.419. The summed E-state index contributed by atoms with van der Waals surface area (Å²) in [6, 6.07) is 6.30. The van der Waals surface area contributed by atoms with Gasteiger partial charge in [-0.1, -0.05) is 12.8 Å². The van der Waals surface area contributed by atoms with Crippen molar-refractivity contribution in [2.75, 3.05) is 11.9 Å². The van der Waals surface area contributed by atoms with Crippen LogP contribution in [0.4, 0.5) is 16.2 Å². The van der Waals surface area contributed by atoms with E-state index in [4.69, 9.17) is 9.47 Å². The Morgan fingerprint density at radius 2 is 1.94 bits per heavy atom. The summed E-state index contributed by atoms with van der Waals surface area (Å²) in [7, 11) is 1.31. The normalized spacial score (nSPS) is 23.2. The Kier molecular flexibility index (Phi) is 9.25. The molecule has 1 aromatic carbocycles. The summed E-state index contributed by atoms with van der Waals surface area (Å²) in [5, 5.41) is 66.3. The molecular weight excluding hydrogens is 644 g/mol. The summed E-state index contributed by atoms with van der Waals surface area (Å²) in [5.41, 5.74) is 0.760. The van der Waals surface area contributed by atoms with Crippen LogP contribution in [-0.4, -0.2) is 99.4 Å². The molecule has 6 rings (SSSR count). The first kappa shape index (κ1) is 33.4. The van der Waals surface area contributed by atoms with Crippen LogP contribution in [-0.2, 0) is 9.53 Å². The van der Waals surface area contributed by atoms with Gasteiger partial charge in [-0.2, -0.15) is 10.4 Å². The van der Waals surface area contributed by atoms with Gasteiger partial charge in [-0.25, -0.2) is 19.6 Å². The zero-order valence-electron chi connectivity index (χ0n) is 26.0. The van der Waals surface area contributed by atoms with Crippen molar-refractivity contribution >= 4 is 34.4 Å². The molecular formula is C31H32N8O10. The van der Waals surface area contributed by atoms with Crippen molar-refractivity contribution in [1.82, 2.24) is 24.3 Å². The number of non-ortho nitro benzene ring substituents is 1. The number of amides is 1. The van der Waals surface area contributed by atoms with Crippen LogP contribution in [0.15, 0.2) is 49.2 Å². The summed E-state index contributed by atoms with van der Waals surface area (Å²) in [6.45, 7) is 0. The molecule has 4 heterocycles. The van der Waals surface area contributed by atoms with Gasteiger partial charge in [0.1, 0.15) is 30.4 Å². The van der Waals surface area contributed by atoms with Crippen LogP contribution in [0.1, 0.15) is 38.1 Å². The van der Waals surface area contributed by atoms with Gasteiger partial charge in [0.15, 0.2) is 11.8 Å². The smallest absolute Gasteiger partial charge is 0.335 e. The predicted octanol–water partition coefficient (Wildman–Crippen LogP) is 2.22. The van der Waals surface area contributed by atoms with E-state index in [1.165, 1.54) is 24.1 Å². The fourth-order valence-corrected chi connectivity index (χ4v) is 6.41. The summed E-state index contributed by atoms with van der Waals surface area (Å²) < 4.78 is 13.9. The second-order valence-corrected chi connectivity index (χ2v) is 11.9. The molecule has 0 bridgehead atoms. The van der Waals surface area contributed by atoms with Crippen LogP contribution < -0.4 is 9.64 Å². The summed E-state index contributed by atoms with van der Waals surface area (Å²) >= 11 is 0. The number of aliphatic hydroxyl groups excluding tert-OH is 3. The standard InChI is InChI=1S/C31H32N8O10/c1-36(21-12-18(39(46)47)6-7-22(21)48-30-26(42)24(40)25(41)27(49-30)29(43)44)31(45)37-11-9-19-23(33-15-34-28(19)37)17-13-35-38(14-17)20(8-10-32)16-4-2-3-5-16/h6-7,9,11-16,20,24-27,30,40-42H,2-5,8H2,1H3,(H,43,44)/t20-,24+,25+,26-,27+,30-/m1/s1. The van der Waals surface area contributed by atoms with Crippen molar-refractivity contribution in [3.8, 4) is 23.1 Å².